The minimum atomic E-state index is -0.0430. The first-order valence-corrected chi connectivity index (χ1v) is 8.15. The van der Waals surface area contributed by atoms with Gasteiger partial charge >= 0.3 is 0 Å². The first kappa shape index (κ1) is 16.6. The highest BCUT2D eigenvalue weighted by Gasteiger charge is 2.13. The molecule has 1 aliphatic rings. The number of rotatable bonds is 6. The fraction of sp³-hybridized carbons (Fsp3) is 0.278. The number of anilines is 1. The lowest BCUT2D eigenvalue weighted by Gasteiger charge is -2.09. The molecule has 6 heteroatoms. The molecule has 2 N–H and O–H groups in total. The molecule has 126 valence electrons. The maximum Gasteiger partial charge on any atom is 0.231 e. The number of carbonyl (C=O) groups is 1. The maximum atomic E-state index is 12.0. The van der Waals surface area contributed by atoms with Crippen LogP contribution in [0.25, 0.3) is 0 Å². The molecule has 0 saturated heterocycles. The summed E-state index contributed by atoms with van der Waals surface area (Å²) in [6.45, 7) is 3.46. The highest BCUT2D eigenvalue weighted by Crippen LogP contribution is 2.32. The molecule has 3 rings (SSSR count). The van der Waals surface area contributed by atoms with Crippen LogP contribution in [0.5, 0.6) is 11.5 Å². The summed E-state index contributed by atoms with van der Waals surface area (Å²) in [4.78, 5) is 12.0. The Kier molecular flexibility index (Phi) is 5.23. The van der Waals surface area contributed by atoms with Crippen LogP contribution in [0.15, 0.2) is 36.4 Å². The van der Waals surface area contributed by atoms with E-state index in [0.29, 0.717) is 24.5 Å². The molecule has 0 saturated carbocycles. The number of carbonyl (C=O) groups excluding carboxylic acids is 1. The Hall–Kier alpha value is -2.24. The number of amides is 1. The van der Waals surface area contributed by atoms with E-state index < -0.39 is 0 Å². The van der Waals surface area contributed by atoms with Crippen LogP contribution in [0.1, 0.15) is 17.5 Å². The fourth-order valence-corrected chi connectivity index (χ4v) is 2.60. The lowest BCUT2D eigenvalue weighted by atomic mass is 10.2. The zero-order chi connectivity index (χ0) is 16.9. The molecular weight excluding hydrogens is 328 g/mol. The van der Waals surface area contributed by atoms with Crippen molar-refractivity contribution < 1.29 is 14.3 Å². The Morgan fingerprint density at radius 3 is 2.88 bits per heavy atom. The van der Waals surface area contributed by atoms with Crippen LogP contribution in [-0.2, 0) is 11.3 Å². The van der Waals surface area contributed by atoms with Gasteiger partial charge < -0.3 is 20.1 Å². The average molecular weight is 347 g/mol. The predicted molar refractivity (Wildman–Crippen MR) is 93.7 cm³/mol. The second-order valence-corrected chi connectivity index (χ2v) is 6.06. The largest absolute Gasteiger partial charge is 0.454 e. The molecule has 2 aromatic carbocycles. The highest BCUT2D eigenvalue weighted by molar-refractivity contribution is 6.31. The number of halogens is 1. The van der Waals surface area contributed by atoms with Gasteiger partial charge in [-0.2, -0.15) is 0 Å². The Balaban J connectivity index is 1.43. The second-order valence-electron chi connectivity index (χ2n) is 5.62. The number of aryl methyl sites for hydroxylation is 1. The SMILES string of the molecule is Cc1ccc(Cl)cc1NC(=O)CCNCc1ccc2c(c1)OCO2. The second kappa shape index (κ2) is 7.55. The van der Waals surface area contributed by atoms with Gasteiger partial charge in [0.1, 0.15) is 0 Å². The number of hydrogen-bond donors (Lipinski definition) is 2. The molecule has 2 aromatic rings. The minimum absolute atomic E-state index is 0.0430. The van der Waals surface area contributed by atoms with Crippen LogP contribution in [-0.4, -0.2) is 19.2 Å². The molecule has 0 bridgehead atoms. The van der Waals surface area contributed by atoms with E-state index in [-0.39, 0.29) is 12.7 Å². The Bertz CT molecular complexity index is 749. The monoisotopic (exact) mass is 346 g/mol. The predicted octanol–water partition coefficient (Wildman–Crippen LogP) is 3.50. The molecule has 5 nitrogen and oxygen atoms in total. The number of fused-ring (bicyclic) bond motifs is 1. The van der Waals surface area contributed by atoms with Crippen molar-refractivity contribution in [2.45, 2.75) is 19.9 Å². The van der Waals surface area contributed by atoms with Gasteiger partial charge in [0.05, 0.1) is 0 Å². The van der Waals surface area contributed by atoms with E-state index in [1.807, 2.05) is 31.2 Å². The summed E-state index contributed by atoms with van der Waals surface area (Å²) in [6, 6.07) is 11.3. The third kappa shape index (κ3) is 4.19. The topological polar surface area (TPSA) is 59.6 Å². The van der Waals surface area contributed by atoms with Crippen LogP contribution in [0.4, 0.5) is 5.69 Å². The van der Waals surface area contributed by atoms with Gasteiger partial charge in [0, 0.05) is 30.2 Å². The zero-order valence-corrected chi connectivity index (χ0v) is 14.2. The Morgan fingerprint density at radius 2 is 2.00 bits per heavy atom. The van der Waals surface area contributed by atoms with Crippen molar-refractivity contribution in [1.82, 2.24) is 5.32 Å². The third-order valence-corrected chi connectivity index (χ3v) is 4.00. The summed E-state index contributed by atoms with van der Waals surface area (Å²) in [5.74, 6) is 1.50. The van der Waals surface area contributed by atoms with E-state index in [2.05, 4.69) is 10.6 Å². The summed E-state index contributed by atoms with van der Waals surface area (Å²) in [7, 11) is 0. The lowest BCUT2D eigenvalue weighted by Crippen LogP contribution is -2.21. The average Bonchev–Trinajstić information content (AvgIpc) is 3.03. The smallest absolute Gasteiger partial charge is 0.231 e. The first-order valence-electron chi connectivity index (χ1n) is 7.77. The number of hydrogen-bond acceptors (Lipinski definition) is 4. The van der Waals surface area contributed by atoms with Gasteiger partial charge in [0.25, 0.3) is 0 Å². The molecule has 24 heavy (non-hydrogen) atoms. The van der Waals surface area contributed by atoms with E-state index in [1.54, 1.807) is 12.1 Å². The van der Waals surface area contributed by atoms with Crippen LogP contribution < -0.4 is 20.1 Å². The number of ether oxygens (including phenoxy) is 2. The molecular formula is C18H19ClN2O3. The molecule has 0 atom stereocenters. The highest BCUT2D eigenvalue weighted by atomic mass is 35.5. The first-order chi connectivity index (χ1) is 11.6. The van der Waals surface area contributed by atoms with Gasteiger partial charge in [-0.1, -0.05) is 23.7 Å². The number of nitrogens with one attached hydrogen (secondary N) is 2. The lowest BCUT2D eigenvalue weighted by molar-refractivity contribution is -0.116. The third-order valence-electron chi connectivity index (χ3n) is 3.77. The fourth-order valence-electron chi connectivity index (χ4n) is 2.43. The molecule has 0 aromatic heterocycles. The van der Waals surface area contributed by atoms with E-state index in [9.17, 15) is 4.79 Å². The normalized spacial score (nSPS) is 12.2. The van der Waals surface area contributed by atoms with Crippen molar-refractivity contribution in [3.8, 4) is 11.5 Å². The van der Waals surface area contributed by atoms with Crippen LogP contribution >= 0.6 is 11.6 Å². The van der Waals surface area contributed by atoms with E-state index in [0.717, 1.165) is 28.3 Å². The van der Waals surface area contributed by atoms with Crippen molar-refractivity contribution in [2.24, 2.45) is 0 Å². The molecule has 0 radical (unpaired) electrons. The van der Waals surface area contributed by atoms with Crippen LogP contribution in [0, 0.1) is 6.92 Å². The molecule has 1 aliphatic heterocycles. The van der Waals surface area contributed by atoms with Crippen molar-refractivity contribution in [3.05, 3.63) is 52.5 Å². The molecule has 1 amide bonds. The van der Waals surface area contributed by atoms with Crippen molar-refractivity contribution in [2.75, 3.05) is 18.7 Å². The van der Waals surface area contributed by atoms with Gasteiger partial charge in [0.2, 0.25) is 12.7 Å². The Labute approximate surface area is 145 Å². The van der Waals surface area contributed by atoms with Gasteiger partial charge in [-0.05, 0) is 42.3 Å². The van der Waals surface area contributed by atoms with E-state index in [1.165, 1.54) is 0 Å². The van der Waals surface area contributed by atoms with Crippen LogP contribution in [0.3, 0.4) is 0 Å². The summed E-state index contributed by atoms with van der Waals surface area (Å²) in [5.41, 5.74) is 2.83. The van der Waals surface area contributed by atoms with Gasteiger partial charge in [-0.3, -0.25) is 4.79 Å². The number of benzene rings is 2. The zero-order valence-electron chi connectivity index (χ0n) is 13.4. The summed E-state index contributed by atoms with van der Waals surface area (Å²) in [5, 5.41) is 6.74. The minimum Gasteiger partial charge on any atom is -0.454 e. The van der Waals surface area contributed by atoms with E-state index in [4.69, 9.17) is 21.1 Å². The molecule has 0 fully saturated rings. The molecule has 1 heterocycles. The quantitative estimate of drug-likeness (QED) is 0.786. The van der Waals surface area contributed by atoms with E-state index >= 15 is 0 Å². The van der Waals surface area contributed by atoms with Crippen molar-refractivity contribution >= 4 is 23.2 Å². The molecule has 0 aliphatic carbocycles. The summed E-state index contributed by atoms with van der Waals surface area (Å²) in [6.07, 6.45) is 0.385. The maximum absolute atomic E-state index is 12.0. The Morgan fingerprint density at radius 1 is 1.17 bits per heavy atom. The molecule has 0 unspecified atom stereocenters. The summed E-state index contributed by atoms with van der Waals surface area (Å²) >= 11 is 5.95. The van der Waals surface area contributed by atoms with Crippen molar-refractivity contribution in [1.29, 1.82) is 0 Å². The van der Waals surface area contributed by atoms with Crippen molar-refractivity contribution in [3.63, 3.8) is 0 Å². The summed E-state index contributed by atoms with van der Waals surface area (Å²) < 4.78 is 10.6. The van der Waals surface area contributed by atoms with Gasteiger partial charge in [-0.25, -0.2) is 0 Å². The van der Waals surface area contributed by atoms with Gasteiger partial charge in [-0.15, -0.1) is 0 Å². The standard InChI is InChI=1S/C18H19ClN2O3/c1-12-2-4-14(19)9-15(12)21-18(22)6-7-20-10-13-3-5-16-17(8-13)24-11-23-16/h2-5,8-9,20H,6-7,10-11H2,1H3,(H,21,22). The van der Waals surface area contributed by atoms with Gasteiger partial charge in [0.15, 0.2) is 11.5 Å². The molecule has 0 spiro atoms. The van der Waals surface area contributed by atoms with Crippen LogP contribution in [0.2, 0.25) is 5.02 Å².